The number of aryl methyl sites for hydroxylation is 1. The van der Waals surface area contributed by atoms with E-state index < -0.39 is 11.6 Å². The number of rotatable bonds is 4. The van der Waals surface area contributed by atoms with Crippen molar-refractivity contribution in [2.45, 2.75) is 25.4 Å². The van der Waals surface area contributed by atoms with Gasteiger partial charge in [0.15, 0.2) is 0 Å². The molecule has 1 fully saturated rings. The minimum atomic E-state index is -0.468. The quantitative estimate of drug-likeness (QED) is 0.919. The molecule has 3 nitrogen and oxygen atoms in total. The van der Waals surface area contributed by atoms with Crippen LogP contribution in [0, 0.1) is 18.6 Å². The van der Waals surface area contributed by atoms with Crippen LogP contribution in [0.2, 0.25) is 0 Å². The largest absolute Gasteiger partial charge is 0.313 e. The topological polar surface area (TPSA) is 18.5 Å². The van der Waals surface area contributed by atoms with Crippen LogP contribution < -0.4 is 5.32 Å². The highest BCUT2D eigenvalue weighted by molar-refractivity contribution is 5.29. The summed E-state index contributed by atoms with van der Waals surface area (Å²) < 4.78 is 28.4. The number of halogens is 2. The fraction of sp³-hybridized carbons (Fsp3) is 0.625. The third-order valence-electron chi connectivity index (χ3n) is 4.50. The number of nitrogens with zero attached hydrogens (tertiary/aromatic N) is 2. The Hall–Kier alpha value is -1.04. The minimum absolute atomic E-state index is 0.166. The first-order valence-corrected chi connectivity index (χ1v) is 7.44. The van der Waals surface area contributed by atoms with Crippen molar-refractivity contribution in [1.82, 2.24) is 15.1 Å². The molecule has 0 radical (unpaired) electrons. The van der Waals surface area contributed by atoms with Gasteiger partial charge in [-0.1, -0.05) is 6.07 Å². The van der Waals surface area contributed by atoms with Crippen LogP contribution in [0.5, 0.6) is 0 Å². The smallest absolute Gasteiger partial charge is 0.133 e. The van der Waals surface area contributed by atoms with Crippen molar-refractivity contribution in [3.05, 3.63) is 34.9 Å². The molecule has 0 aromatic heterocycles. The maximum Gasteiger partial charge on any atom is 0.133 e. The third kappa shape index (κ3) is 3.59. The van der Waals surface area contributed by atoms with Gasteiger partial charge in [0.1, 0.15) is 11.6 Å². The van der Waals surface area contributed by atoms with E-state index in [1.807, 2.05) is 0 Å². The minimum Gasteiger partial charge on any atom is -0.313 e. The zero-order valence-electron chi connectivity index (χ0n) is 13.3. The highest BCUT2D eigenvalue weighted by Crippen LogP contribution is 2.28. The van der Waals surface area contributed by atoms with Gasteiger partial charge in [0, 0.05) is 37.3 Å². The van der Waals surface area contributed by atoms with Crippen LogP contribution >= 0.6 is 0 Å². The second-order valence-corrected chi connectivity index (χ2v) is 6.07. The highest BCUT2D eigenvalue weighted by Gasteiger charge is 2.28. The van der Waals surface area contributed by atoms with E-state index >= 15 is 0 Å². The zero-order valence-corrected chi connectivity index (χ0v) is 13.3. The zero-order chi connectivity index (χ0) is 15.6. The summed E-state index contributed by atoms with van der Waals surface area (Å²) >= 11 is 0. The molecule has 2 rings (SSSR count). The molecule has 1 aliphatic heterocycles. The predicted octanol–water partition coefficient (Wildman–Crippen LogP) is 2.17. The lowest BCUT2D eigenvalue weighted by atomic mass is 9.95. The van der Waals surface area contributed by atoms with Gasteiger partial charge in [-0.2, -0.15) is 0 Å². The standard InChI is InChI=1S/C16H25F2N3/c1-11-5-6-13(17)15(16(11)18)14(19-2)9-12-10-20(3)7-8-21(12)4/h5-6,12,14,19H,7-10H2,1-4H3. The summed E-state index contributed by atoms with van der Waals surface area (Å²) in [4.78, 5) is 4.54. The number of nitrogens with one attached hydrogen (secondary N) is 1. The van der Waals surface area contributed by atoms with Crippen LogP contribution in [0.25, 0.3) is 0 Å². The lowest BCUT2D eigenvalue weighted by molar-refractivity contribution is 0.101. The van der Waals surface area contributed by atoms with Crippen LogP contribution in [0.4, 0.5) is 8.78 Å². The number of benzene rings is 1. The number of hydrogen-bond donors (Lipinski definition) is 1. The van der Waals surface area contributed by atoms with E-state index in [1.165, 1.54) is 12.1 Å². The van der Waals surface area contributed by atoms with Gasteiger partial charge in [-0.3, -0.25) is 0 Å². The molecule has 0 amide bonds. The van der Waals surface area contributed by atoms with Crippen LogP contribution in [0.15, 0.2) is 12.1 Å². The Balaban J connectivity index is 2.22. The molecular formula is C16H25F2N3. The average molecular weight is 297 g/mol. The lowest BCUT2D eigenvalue weighted by Gasteiger charge is -2.39. The molecule has 1 N–H and O–H groups in total. The SMILES string of the molecule is CNC(CC1CN(C)CCN1C)c1c(F)ccc(C)c1F. The summed E-state index contributed by atoms with van der Waals surface area (Å²) in [7, 11) is 5.92. The molecule has 2 atom stereocenters. The summed E-state index contributed by atoms with van der Waals surface area (Å²) in [5, 5.41) is 3.08. The van der Waals surface area contributed by atoms with Crippen LogP contribution in [0.3, 0.4) is 0 Å². The maximum atomic E-state index is 14.3. The van der Waals surface area contributed by atoms with Crippen LogP contribution in [-0.2, 0) is 0 Å². The van der Waals surface area contributed by atoms with Crippen molar-refractivity contribution in [3.63, 3.8) is 0 Å². The monoisotopic (exact) mass is 297 g/mol. The first-order chi connectivity index (χ1) is 9.93. The summed E-state index contributed by atoms with van der Waals surface area (Å²) in [6, 6.07) is 2.82. The Morgan fingerprint density at radius 2 is 2.00 bits per heavy atom. The van der Waals surface area contributed by atoms with Crippen molar-refractivity contribution in [2.75, 3.05) is 40.8 Å². The maximum absolute atomic E-state index is 14.3. The fourth-order valence-corrected chi connectivity index (χ4v) is 3.01. The summed E-state index contributed by atoms with van der Waals surface area (Å²) in [6.07, 6.45) is 0.689. The van der Waals surface area contributed by atoms with Crippen molar-refractivity contribution in [2.24, 2.45) is 0 Å². The predicted molar refractivity (Wildman–Crippen MR) is 81.4 cm³/mol. The van der Waals surface area contributed by atoms with Crippen molar-refractivity contribution in [3.8, 4) is 0 Å². The second kappa shape index (κ2) is 6.81. The second-order valence-electron chi connectivity index (χ2n) is 6.07. The first-order valence-electron chi connectivity index (χ1n) is 7.44. The molecule has 118 valence electrons. The van der Waals surface area contributed by atoms with E-state index in [2.05, 4.69) is 29.2 Å². The molecule has 1 saturated heterocycles. The van der Waals surface area contributed by atoms with E-state index in [0.29, 0.717) is 18.0 Å². The molecule has 1 aromatic rings. The van der Waals surface area contributed by atoms with Gasteiger partial charge in [-0.15, -0.1) is 0 Å². The van der Waals surface area contributed by atoms with Gasteiger partial charge < -0.3 is 15.1 Å². The van der Waals surface area contributed by atoms with E-state index in [1.54, 1.807) is 14.0 Å². The number of likely N-dealkylation sites (N-methyl/N-ethyl adjacent to an activating group) is 2. The highest BCUT2D eigenvalue weighted by atomic mass is 19.1. The molecule has 1 heterocycles. The summed E-state index contributed by atoms with van der Waals surface area (Å²) in [5.74, 6) is -0.898. The molecule has 0 spiro atoms. The third-order valence-corrected chi connectivity index (χ3v) is 4.50. The molecule has 1 aromatic carbocycles. The van der Waals surface area contributed by atoms with Gasteiger partial charge >= 0.3 is 0 Å². The average Bonchev–Trinajstić information content (AvgIpc) is 2.45. The van der Waals surface area contributed by atoms with Crippen molar-refractivity contribution < 1.29 is 8.78 Å². The van der Waals surface area contributed by atoms with Gasteiger partial charge in [0.2, 0.25) is 0 Å². The fourth-order valence-electron chi connectivity index (χ4n) is 3.01. The Kier molecular flexibility index (Phi) is 5.30. The van der Waals surface area contributed by atoms with E-state index in [-0.39, 0.29) is 11.6 Å². The molecule has 0 bridgehead atoms. The van der Waals surface area contributed by atoms with Crippen molar-refractivity contribution >= 4 is 0 Å². The van der Waals surface area contributed by atoms with E-state index in [4.69, 9.17) is 0 Å². The van der Waals surface area contributed by atoms with Crippen molar-refractivity contribution in [1.29, 1.82) is 0 Å². The number of hydrogen-bond acceptors (Lipinski definition) is 3. The van der Waals surface area contributed by atoms with Gasteiger partial charge in [0.05, 0.1) is 0 Å². The van der Waals surface area contributed by atoms with E-state index in [0.717, 1.165) is 19.6 Å². The van der Waals surface area contributed by atoms with Gasteiger partial charge in [0.25, 0.3) is 0 Å². The molecular weight excluding hydrogens is 272 g/mol. The van der Waals surface area contributed by atoms with Crippen LogP contribution in [-0.4, -0.2) is 56.6 Å². The van der Waals surface area contributed by atoms with Gasteiger partial charge in [-0.05, 0) is 46.1 Å². The Morgan fingerprint density at radius 1 is 1.29 bits per heavy atom. The first kappa shape index (κ1) is 16.3. The molecule has 5 heteroatoms. The number of piperazine rings is 1. The molecule has 0 aliphatic carbocycles. The lowest BCUT2D eigenvalue weighted by Crippen LogP contribution is -2.51. The molecule has 21 heavy (non-hydrogen) atoms. The summed E-state index contributed by atoms with van der Waals surface area (Å²) in [5.41, 5.74) is 0.653. The Labute approximate surface area is 125 Å². The molecule has 1 aliphatic rings. The molecule has 0 saturated carbocycles. The Morgan fingerprint density at radius 3 is 2.67 bits per heavy atom. The summed E-state index contributed by atoms with van der Waals surface area (Å²) in [6.45, 7) is 4.61. The molecule has 2 unspecified atom stereocenters. The van der Waals surface area contributed by atoms with Crippen LogP contribution in [0.1, 0.15) is 23.6 Å². The van der Waals surface area contributed by atoms with E-state index in [9.17, 15) is 8.78 Å². The Bertz CT molecular complexity index is 493. The van der Waals surface area contributed by atoms with Gasteiger partial charge in [-0.25, -0.2) is 8.78 Å². The normalized spacial score (nSPS) is 22.5.